The van der Waals surface area contributed by atoms with Crippen molar-refractivity contribution in [1.29, 1.82) is 0 Å². The van der Waals surface area contributed by atoms with Crippen LogP contribution in [-0.4, -0.2) is 10.6 Å². The largest absolute Gasteiger partial charge is 0.439 e. The predicted molar refractivity (Wildman–Crippen MR) is 228 cm³/mol. The van der Waals surface area contributed by atoms with Crippen LogP contribution in [0.4, 0.5) is 11.6 Å². The summed E-state index contributed by atoms with van der Waals surface area (Å²) in [4.78, 5) is 2.38. The molecule has 0 saturated carbocycles. The van der Waals surface area contributed by atoms with Gasteiger partial charge in [0.2, 0.25) is 5.88 Å². The van der Waals surface area contributed by atoms with Crippen LogP contribution >= 0.6 is 11.3 Å². The number of allylic oxidation sites excluding steroid dienone is 8. The van der Waals surface area contributed by atoms with Gasteiger partial charge in [0, 0.05) is 53.2 Å². The van der Waals surface area contributed by atoms with Gasteiger partial charge in [-0.2, -0.15) is 0 Å². The van der Waals surface area contributed by atoms with Crippen LogP contribution in [0.1, 0.15) is 30.9 Å². The van der Waals surface area contributed by atoms with Gasteiger partial charge in [-0.3, -0.25) is 0 Å². The van der Waals surface area contributed by atoms with Crippen LogP contribution in [0.25, 0.3) is 81.4 Å². The second kappa shape index (κ2) is 11.7. The van der Waals surface area contributed by atoms with Crippen LogP contribution in [0.15, 0.2) is 157 Å². The first-order chi connectivity index (χ1) is 26.1. The highest BCUT2D eigenvalue weighted by molar-refractivity contribution is 7.25. The quantitative estimate of drug-likeness (QED) is 0.183. The number of benzene rings is 5. The number of para-hydroxylation sites is 1. The van der Waals surface area contributed by atoms with Gasteiger partial charge in [0.1, 0.15) is 5.58 Å². The Balaban J connectivity index is 1.11. The van der Waals surface area contributed by atoms with E-state index in [-0.39, 0.29) is 6.04 Å². The first-order valence-electron chi connectivity index (χ1n) is 18.5. The van der Waals surface area contributed by atoms with E-state index in [2.05, 4.69) is 169 Å². The lowest BCUT2D eigenvalue weighted by Crippen LogP contribution is -2.31. The molecule has 3 aliphatic rings. The molecule has 3 nitrogen and oxygen atoms in total. The minimum atomic E-state index is 0.113. The van der Waals surface area contributed by atoms with E-state index in [1.54, 1.807) is 0 Å². The third-order valence-electron chi connectivity index (χ3n) is 11.3. The topological polar surface area (TPSA) is 21.3 Å². The van der Waals surface area contributed by atoms with Gasteiger partial charge in [0.25, 0.3) is 0 Å². The highest BCUT2D eigenvalue weighted by Crippen LogP contribution is 2.46. The smallest absolute Gasteiger partial charge is 0.209 e. The van der Waals surface area contributed by atoms with Crippen molar-refractivity contribution in [3.05, 3.63) is 163 Å². The molecule has 2 unspecified atom stereocenters. The van der Waals surface area contributed by atoms with Gasteiger partial charge in [0.15, 0.2) is 0 Å². The lowest BCUT2D eigenvalue weighted by molar-refractivity contribution is 0.587. The summed E-state index contributed by atoms with van der Waals surface area (Å²) in [5.41, 5.74) is 11.2. The van der Waals surface area contributed by atoms with Gasteiger partial charge in [-0.1, -0.05) is 111 Å². The van der Waals surface area contributed by atoms with Crippen molar-refractivity contribution in [2.45, 2.75) is 25.8 Å². The van der Waals surface area contributed by atoms with Crippen molar-refractivity contribution in [2.24, 2.45) is 5.92 Å². The van der Waals surface area contributed by atoms with E-state index in [1.807, 2.05) is 17.4 Å². The van der Waals surface area contributed by atoms with Gasteiger partial charge in [-0.25, -0.2) is 0 Å². The number of hydrogen-bond acceptors (Lipinski definition) is 3. The fourth-order valence-electron chi connectivity index (χ4n) is 8.62. The zero-order valence-corrected chi connectivity index (χ0v) is 30.2. The van der Waals surface area contributed by atoms with E-state index in [4.69, 9.17) is 4.42 Å². The molecule has 0 fully saturated rings. The Morgan fingerprint density at radius 2 is 1.53 bits per heavy atom. The number of fused-ring (bicyclic) bond motifs is 10. The summed E-state index contributed by atoms with van der Waals surface area (Å²) < 4.78 is 11.8. The SMILES string of the molecule is C=C1/C=C\c2c(oc3ccccc23)N(C2C=CC=CC2)c2ccc(-c3ccc4c5cc6c(cc5n(C5=CCC(C)C=C5)c4c3)sc3ccccc36)cc21. The van der Waals surface area contributed by atoms with Gasteiger partial charge < -0.3 is 13.9 Å². The molecule has 11 rings (SSSR count). The Labute approximate surface area is 312 Å². The summed E-state index contributed by atoms with van der Waals surface area (Å²) >= 11 is 1.88. The van der Waals surface area contributed by atoms with Gasteiger partial charge >= 0.3 is 0 Å². The lowest BCUT2D eigenvalue weighted by atomic mass is 9.93. The maximum absolute atomic E-state index is 6.67. The molecule has 53 heavy (non-hydrogen) atoms. The van der Waals surface area contributed by atoms with E-state index in [0.29, 0.717) is 5.92 Å². The maximum Gasteiger partial charge on any atom is 0.209 e. The van der Waals surface area contributed by atoms with Crippen molar-refractivity contribution in [3.8, 4) is 11.1 Å². The van der Waals surface area contributed by atoms with Gasteiger partial charge in [0.05, 0.1) is 22.8 Å². The van der Waals surface area contributed by atoms with E-state index in [9.17, 15) is 0 Å². The molecule has 0 N–H and O–H groups in total. The Morgan fingerprint density at radius 1 is 0.698 bits per heavy atom. The first kappa shape index (κ1) is 30.5. The molecule has 4 heteroatoms. The zero-order chi connectivity index (χ0) is 35.2. The molecular weight excluding hydrogens is 665 g/mol. The summed E-state index contributed by atoms with van der Waals surface area (Å²) in [6.07, 6.45) is 22.1. The van der Waals surface area contributed by atoms with Crippen LogP contribution in [-0.2, 0) is 0 Å². The Hall–Kier alpha value is -6.10. The van der Waals surface area contributed by atoms with Crippen LogP contribution in [0.3, 0.4) is 0 Å². The summed E-state index contributed by atoms with van der Waals surface area (Å²) in [5, 5.41) is 6.33. The van der Waals surface area contributed by atoms with E-state index in [0.717, 1.165) is 57.6 Å². The molecule has 0 radical (unpaired) electrons. The fraction of sp³-hybridized carbons (Fsp3) is 0.102. The van der Waals surface area contributed by atoms with E-state index < -0.39 is 0 Å². The molecule has 1 aliphatic heterocycles. The monoisotopic (exact) mass is 700 g/mol. The number of anilines is 2. The molecule has 4 heterocycles. The highest BCUT2D eigenvalue weighted by Gasteiger charge is 2.29. The van der Waals surface area contributed by atoms with E-state index in [1.165, 1.54) is 53.2 Å². The van der Waals surface area contributed by atoms with Gasteiger partial charge in [-0.15, -0.1) is 11.3 Å². The minimum Gasteiger partial charge on any atom is -0.439 e. The molecule has 0 bridgehead atoms. The second-order valence-electron chi connectivity index (χ2n) is 14.6. The fourth-order valence-corrected chi connectivity index (χ4v) is 9.74. The Kier molecular flexibility index (Phi) is 6.74. The van der Waals surface area contributed by atoms with Crippen LogP contribution in [0, 0.1) is 5.92 Å². The molecule has 3 aromatic heterocycles. The number of furan rings is 1. The summed E-state index contributed by atoms with van der Waals surface area (Å²) in [6, 6.07) is 35.9. The summed E-state index contributed by atoms with van der Waals surface area (Å²) in [7, 11) is 0. The number of aromatic nitrogens is 1. The van der Waals surface area contributed by atoms with Crippen molar-refractivity contribution in [2.75, 3.05) is 4.90 Å². The summed E-state index contributed by atoms with van der Waals surface area (Å²) in [5.74, 6) is 1.41. The minimum absolute atomic E-state index is 0.113. The zero-order valence-electron chi connectivity index (χ0n) is 29.4. The molecule has 2 atom stereocenters. The van der Waals surface area contributed by atoms with Crippen LogP contribution in [0.5, 0.6) is 0 Å². The van der Waals surface area contributed by atoms with Crippen molar-refractivity contribution in [1.82, 2.24) is 4.57 Å². The van der Waals surface area contributed by atoms with Crippen LogP contribution < -0.4 is 4.90 Å². The molecule has 0 saturated heterocycles. The average Bonchev–Trinajstić information content (AvgIpc) is 3.85. The number of nitrogens with zero attached hydrogens (tertiary/aromatic N) is 2. The number of thiophene rings is 1. The molecule has 0 spiro atoms. The van der Waals surface area contributed by atoms with Crippen molar-refractivity contribution < 1.29 is 4.42 Å². The lowest BCUT2D eigenvalue weighted by Gasteiger charge is -2.33. The van der Waals surface area contributed by atoms with E-state index >= 15 is 0 Å². The molecule has 2 aliphatic carbocycles. The normalized spacial score (nSPS) is 18.9. The maximum atomic E-state index is 6.67. The third kappa shape index (κ3) is 4.72. The third-order valence-corrected chi connectivity index (χ3v) is 12.5. The molecule has 5 aromatic carbocycles. The molecule has 254 valence electrons. The Morgan fingerprint density at radius 3 is 2.40 bits per heavy atom. The standard InChI is InChI=1S/C49H36N2OS/c1-30-16-21-35(22-17-30)50-44-27-33(19-24-36(44)41-28-42-38-13-7-9-15-47(38)53-48(42)29-45(41)50)32-20-25-43-40(26-32)31(2)18-23-39-37-12-6-8-14-46(37)52-49(39)51(43)34-10-4-3-5-11-34/h3-10,12-16,18-30,34H,2,11,17H2,1H3/b23-18-. The van der Waals surface area contributed by atoms with Gasteiger partial charge in [-0.05, 0) is 90.1 Å². The predicted octanol–water partition coefficient (Wildman–Crippen LogP) is 14.1. The van der Waals surface area contributed by atoms with Crippen molar-refractivity contribution >= 4 is 93.2 Å². The Bertz CT molecular complexity index is 3010. The second-order valence-corrected chi connectivity index (χ2v) is 15.7. The first-order valence-corrected chi connectivity index (χ1v) is 19.3. The molecule has 0 amide bonds. The molecular formula is C49H36N2OS. The number of rotatable bonds is 3. The summed E-state index contributed by atoms with van der Waals surface area (Å²) in [6.45, 7) is 6.90. The average molecular weight is 701 g/mol. The molecule has 8 aromatic rings. The van der Waals surface area contributed by atoms with Crippen LogP contribution in [0.2, 0.25) is 0 Å². The number of hydrogen-bond donors (Lipinski definition) is 0. The highest BCUT2D eigenvalue weighted by atomic mass is 32.1. The van der Waals surface area contributed by atoms with Crippen molar-refractivity contribution in [3.63, 3.8) is 0 Å².